The first-order valence-corrected chi connectivity index (χ1v) is 10.0. The number of methoxy groups -OCH3 is 1. The molecule has 0 aromatic heterocycles. The lowest BCUT2D eigenvalue weighted by Gasteiger charge is -2.36. The molecule has 1 aliphatic carbocycles. The highest BCUT2D eigenvalue weighted by atomic mass is 16.5. The minimum Gasteiger partial charge on any atom is -0.497 e. The molecule has 1 saturated heterocycles. The van der Waals surface area contributed by atoms with E-state index in [1.807, 2.05) is 13.0 Å². The molecule has 4 amide bonds. The molecule has 2 fully saturated rings. The molecule has 1 aromatic rings. The number of rotatable bonds is 7. The number of hydrogen-bond donors (Lipinski definition) is 2. The Kier molecular flexibility index (Phi) is 6.59. The van der Waals surface area contributed by atoms with Crippen molar-refractivity contribution in [1.82, 2.24) is 15.5 Å². The highest BCUT2D eigenvalue weighted by molar-refractivity contribution is 6.09. The predicted octanol–water partition coefficient (Wildman–Crippen LogP) is 1.36. The summed E-state index contributed by atoms with van der Waals surface area (Å²) in [6, 6.07) is 6.62. The number of urea groups is 1. The second-order valence-electron chi connectivity index (χ2n) is 7.73. The third kappa shape index (κ3) is 4.55. The lowest BCUT2D eigenvalue weighted by atomic mass is 9.73. The molecule has 3 rings (SSSR count). The van der Waals surface area contributed by atoms with E-state index in [-0.39, 0.29) is 18.4 Å². The minimum atomic E-state index is -0.927. The first-order valence-electron chi connectivity index (χ1n) is 10.0. The normalized spacial score (nSPS) is 23.3. The molecule has 1 spiro atoms. The van der Waals surface area contributed by atoms with Gasteiger partial charge in [0.25, 0.3) is 11.8 Å². The van der Waals surface area contributed by atoms with E-state index in [0.29, 0.717) is 12.2 Å². The second-order valence-corrected chi connectivity index (χ2v) is 7.73. The number of hydrogen-bond acceptors (Lipinski definition) is 6. The van der Waals surface area contributed by atoms with Gasteiger partial charge in [-0.1, -0.05) is 31.9 Å². The van der Waals surface area contributed by atoms with Gasteiger partial charge in [-0.2, -0.15) is 0 Å². The van der Waals surface area contributed by atoms with Crippen LogP contribution in [0.25, 0.3) is 0 Å². The Morgan fingerprint density at radius 2 is 2.10 bits per heavy atom. The second kappa shape index (κ2) is 9.15. The Bertz CT molecular complexity index is 842. The third-order valence-electron chi connectivity index (χ3n) is 5.78. The number of ether oxygens (including phenoxy) is 2. The first kappa shape index (κ1) is 21.6. The van der Waals surface area contributed by atoms with Gasteiger partial charge in [0.1, 0.15) is 17.8 Å². The van der Waals surface area contributed by atoms with E-state index in [2.05, 4.69) is 10.6 Å². The standard InChI is InChI=1S/C21H27N3O6/c1-14-6-3-4-9-21(14)19(27)24(20(28)23-21)12-18(26)30-13-17(25)22-11-15-7-5-8-16(10-15)29-2/h5,7-8,10,14H,3-4,6,9,11-13H2,1-2H3,(H,22,25)(H,23,28)/t14-,21+/m0/s1. The highest BCUT2D eigenvalue weighted by Crippen LogP contribution is 2.38. The Labute approximate surface area is 175 Å². The predicted molar refractivity (Wildman–Crippen MR) is 106 cm³/mol. The van der Waals surface area contributed by atoms with E-state index >= 15 is 0 Å². The first-order chi connectivity index (χ1) is 14.4. The van der Waals surface area contributed by atoms with Crippen molar-refractivity contribution in [2.24, 2.45) is 5.92 Å². The van der Waals surface area contributed by atoms with Crippen LogP contribution < -0.4 is 15.4 Å². The number of carbonyl (C=O) groups is 4. The number of carbonyl (C=O) groups excluding carboxylic acids is 4. The van der Waals surface area contributed by atoms with Crippen molar-refractivity contribution in [1.29, 1.82) is 0 Å². The maximum absolute atomic E-state index is 12.8. The van der Waals surface area contributed by atoms with Crippen LogP contribution >= 0.6 is 0 Å². The van der Waals surface area contributed by atoms with E-state index in [1.165, 1.54) is 0 Å². The van der Waals surface area contributed by atoms with Crippen molar-refractivity contribution in [2.75, 3.05) is 20.3 Å². The van der Waals surface area contributed by atoms with E-state index in [0.717, 1.165) is 29.7 Å². The maximum Gasteiger partial charge on any atom is 0.326 e. The molecule has 1 saturated carbocycles. The number of esters is 1. The van der Waals surface area contributed by atoms with Gasteiger partial charge in [-0.15, -0.1) is 0 Å². The molecule has 9 nitrogen and oxygen atoms in total. The van der Waals surface area contributed by atoms with Crippen LogP contribution in [0.4, 0.5) is 4.79 Å². The van der Waals surface area contributed by atoms with Gasteiger partial charge >= 0.3 is 12.0 Å². The van der Waals surface area contributed by atoms with Gasteiger partial charge < -0.3 is 20.1 Å². The zero-order valence-corrected chi connectivity index (χ0v) is 17.2. The molecule has 1 aromatic carbocycles. The molecule has 1 aliphatic heterocycles. The number of amides is 4. The molecule has 2 aliphatic rings. The van der Waals surface area contributed by atoms with Crippen molar-refractivity contribution in [3.8, 4) is 5.75 Å². The lowest BCUT2D eigenvalue weighted by molar-refractivity contribution is -0.151. The summed E-state index contributed by atoms with van der Waals surface area (Å²) in [6.45, 7) is 1.18. The molecule has 0 unspecified atom stereocenters. The van der Waals surface area contributed by atoms with Crippen LogP contribution in [0.3, 0.4) is 0 Å². The minimum absolute atomic E-state index is 0.00566. The fourth-order valence-corrected chi connectivity index (χ4v) is 3.99. The van der Waals surface area contributed by atoms with E-state index < -0.39 is 36.6 Å². The van der Waals surface area contributed by atoms with Gasteiger partial charge in [-0.3, -0.25) is 19.3 Å². The molecule has 0 radical (unpaired) electrons. The summed E-state index contributed by atoms with van der Waals surface area (Å²) in [5.41, 5.74) is -0.0933. The van der Waals surface area contributed by atoms with Gasteiger partial charge in [-0.25, -0.2) is 4.79 Å². The zero-order chi connectivity index (χ0) is 21.7. The Morgan fingerprint density at radius 3 is 2.83 bits per heavy atom. The Balaban J connectivity index is 1.46. The smallest absolute Gasteiger partial charge is 0.326 e. The van der Waals surface area contributed by atoms with Crippen molar-refractivity contribution >= 4 is 23.8 Å². The van der Waals surface area contributed by atoms with Gasteiger partial charge in [0, 0.05) is 6.54 Å². The third-order valence-corrected chi connectivity index (χ3v) is 5.78. The molecule has 1 heterocycles. The summed E-state index contributed by atoms with van der Waals surface area (Å²) in [6.07, 6.45) is 3.27. The van der Waals surface area contributed by atoms with Crippen LogP contribution in [0.5, 0.6) is 5.75 Å². The Hall–Kier alpha value is -3.10. The van der Waals surface area contributed by atoms with Gasteiger partial charge in [-0.05, 0) is 36.5 Å². The van der Waals surface area contributed by atoms with Crippen LogP contribution in [-0.2, 0) is 25.7 Å². The summed E-state index contributed by atoms with van der Waals surface area (Å²) in [5.74, 6) is -1.01. The maximum atomic E-state index is 12.8. The fourth-order valence-electron chi connectivity index (χ4n) is 3.99. The quantitative estimate of drug-likeness (QED) is 0.511. The summed E-state index contributed by atoms with van der Waals surface area (Å²) in [5, 5.41) is 5.41. The molecule has 2 N–H and O–H groups in total. The highest BCUT2D eigenvalue weighted by Gasteiger charge is 2.55. The zero-order valence-electron chi connectivity index (χ0n) is 17.2. The van der Waals surface area contributed by atoms with Gasteiger partial charge in [0.15, 0.2) is 6.61 Å². The number of nitrogens with zero attached hydrogens (tertiary/aromatic N) is 1. The Morgan fingerprint density at radius 1 is 1.30 bits per heavy atom. The summed E-state index contributed by atoms with van der Waals surface area (Å²) < 4.78 is 10.1. The van der Waals surface area contributed by atoms with E-state index in [4.69, 9.17) is 9.47 Å². The number of imide groups is 1. The van der Waals surface area contributed by atoms with Crippen LogP contribution in [0.15, 0.2) is 24.3 Å². The molecule has 162 valence electrons. The van der Waals surface area contributed by atoms with Gasteiger partial charge in [0.2, 0.25) is 0 Å². The van der Waals surface area contributed by atoms with Crippen molar-refractivity contribution in [2.45, 2.75) is 44.7 Å². The van der Waals surface area contributed by atoms with E-state index in [1.54, 1.807) is 25.3 Å². The van der Waals surface area contributed by atoms with Crippen LogP contribution in [0, 0.1) is 5.92 Å². The van der Waals surface area contributed by atoms with Gasteiger partial charge in [0.05, 0.1) is 7.11 Å². The van der Waals surface area contributed by atoms with Crippen molar-refractivity contribution < 1.29 is 28.7 Å². The molecule has 9 heteroatoms. The average molecular weight is 417 g/mol. The molecule has 0 bridgehead atoms. The lowest BCUT2D eigenvalue weighted by Crippen LogP contribution is -2.54. The number of nitrogens with one attached hydrogen (secondary N) is 2. The van der Waals surface area contributed by atoms with Crippen LogP contribution in [0.1, 0.15) is 38.2 Å². The fraction of sp³-hybridized carbons (Fsp3) is 0.524. The molecular formula is C21H27N3O6. The van der Waals surface area contributed by atoms with Crippen LogP contribution in [0.2, 0.25) is 0 Å². The largest absolute Gasteiger partial charge is 0.497 e. The molecular weight excluding hydrogens is 390 g/mol. The van der Waals surface area contributed by atoms with E-state index in [9.17, 15) is 19.2 Å². The van der Waals surface area contributed by atoms with Crippen molar-refractivity contribution in [3.63, 3.8) is 0 Å². The summed E-state index contributed by atoms with van der Waals surface area (Å²) in [7, 11) is 1.55. The summed E-state index contributed by atoms with van der Waals surface area (Å²) >= 11 is 0. The van der Waals surface area contributed by atoms with Crippen molar-refractivity contribution in [3.05, 3.63) is 29.8 Å². The topological polar surface area (TPSA) is 114 Å². The summed E-state index contributed by atoms with van der Waals surface area (Å²) in [4.78, 5) is 50.1. The number of benzene rings is 1. The molecule has 30 heavy (non-hydrogen) atoms. The molecule has 2 atom stereocenters. The SMILES string of the molecule is COc1cccc(CNC(=O)COC(=O)CN2C(=O)N[C@@]3(CCCC[C@@H]3C)C2=O)c1. The van der Waals surface area contributed by atoms with Crippen LogP contribution in [-0.4, -0.2) is 54.5 Å². The average Bonchev–Trinajstić information content (AvgIpc) is 2.98. The monoisotopic (exact) mass is 417 g/mol.